The van der Waals surface area contributed by atoms with Crippen LogP contribution in [0.4, 0.5) is 0 Å². The molecule has 0 radical (unpaired) electrons. The Morgan fingerprint density at radius 3 is 2.76 bits per heavy atom. The number of carbonyl (C=O) groups is 1. The Kier molecular flexibility index (Phi) is 4.42. The molecule has 0 aliphatic rings. The number of carboxylic acids is 1. The molecular formula is C14H17N5O2. The van der Waals surface area contributed by atoms with Crippen LogP contribution in [0.1, 0.15) is 54.3 Å². The second-order valence-corrected chi connectivity index (χ2v) is 4.79. The predicted molar refractivity (Wildman–Crippen MR) is 77.7 cm³/mol. The van der Waals surface area contributed by atoms with E-state index < -0.39 is 5.97 Å². The molecule has 0 fully saturated rings. The number of aromatic carboxylic acids is 1. The van der Waals surface area contributed by atoms with Crippen molar-refractivity contribution in [2.45, 2.75) is 33.2 Å². The molecule has 0 amide bonds. The molecule has 0 spiro atoms. The van der Waals surface area contributed by atoms with Crippen LogP contribution in [0.5, 0.6) is 0 Å². The van der Waals surface area contributed by atoms with E-state index in [-0.39, 0.29) is 11.5 Å². The summed E-state index contributed by atoms with van der Waals surface area (Å²) >= 11 is 0. The lowest BCUT2D eigenvalue weighted by molar-refractivity contribution is 0.0694. The van der Waals surface area contributed by atoms with Gasteiger partial charge in [0.1, 0.15) is 0 Å². The molecule has 2 heterocycles. The Labute approximate surface area is 122 Å². The first-order chi connectivity index (χ1) is 10.0. The molecule has 0 bridgehead atoms. The zero-order valence-electron chi connectivity index (χ0n) is 12.2. The molecule has 2 aromatic heterocycles. The molecule has 0 aliphatic carbocycles. The molecule has 2 aromatic rings. The summed E-state index contributed by atoms with van der Waals surface area (Å²) in [6.45, 7) is 6.49. The summed E-state index contributed by atoms with van der Waals surface area (Å²) in [4.78, 5) is 19.5. The van der Waals surface area contributed by atoms with Crippen molar-refractivity contribution in [1.29, 1.82) is 0 Å². The van der Waals surface area contributed by atoms with Gasteiger partial charge in [0.05, 0.1) is 23.1 Å². The fourth-order valence-electron chi connectivity index (χ4n) is 1.89. The Morgan fingerprint density at radius 1 is 1.38 bits per heavy atom. The summed E-state index contributed by atoms with van der Waals surface area (Å²) in [6, 6.07) is 0. The number of hydrogen-bond donors (Lipinski definition) is 1. The fourth-order valence-corrected chi connectivity index (χ4v) is 1.89. The quantitative estimate of drug-likeness (QED) is 0.904. The van der Waals surface area contributed by atoms with Crippen LogP contribution in [0.15, 0.2) is 12.4 Å². The minimum Gasteiger partial charge on any atom is -0.478 e. The molecule has 0 saturated heterocycles. The maximum atomic E-state index is 11.1. The van der Waals surface area contributed by atoms with Gasteiger partial charge >= 0.3 is 5.97 Å². The van der Waals surface area contributed by atoms with E-state index in [0.717, 1.165) is 12.2 Å². The highest BCUT2D eigenvalue weighted by Crippen LogP contribution is 2.17. The molecular weight excluding hydrogens is 270 g/mol. The van der Waals surface area contributed by atoms with Crippen LogP contribution in [-0.2, 0) is 6.54 Å². The molecule has 0 unspecified atom stereocenters. The predicted octanol–water partition coefficient (Wildman–Crippen LogP) is 2.08. The minimum atomic E-state index is -1.01. The van der Waals surface area contributed by atoms with Crippen molar-refractivity contribution in [3.8, 4) is 0 Å². The van der Waals surface area contributed by atoms with Gasteiger partial charge in [0.2, 0.25) is 0 Å². The second kappa shape index (κ2) is 6.25. The smallest absolute Gasteiger partial charge is 0.339 e. The Morgan fingerprint density at radius 2 is 2.14 bits per heavy atom. The van der Waals surface area contributed by atoms with Gasteiger partial charge in [-0.3, -0.25) is 0 Å². The third kappa shape index (κ3) is 3.31. The van der Waals surface area contributed by atoms with E-state index in [1.165, 1.54) is 6.20 Å². The number of aromatic nitrogens is 5. The van der Waals surface area contributed by atoms with E-state index in [0.29, 0.717) is 11.5 Å². The van der Waals surface area contributed by atoms with Crippen LogP contribution in [0, 0.1) is 0 Å². The molecule has 1 N–H and O–H groups in total. The van der Waals surface area contributed by atoms with Crippen LogP contribution in [0.3, 0.4) is 0 Å². The molecule has 0 saturated carbocycles. The maximum absolute atomic E-state index is 11.1. The van der Waals surface area contributed by atoms with E-state index in [1.807, 2.05) is 26.8 Å². The molecule has 21 heavy (non-hydrogen) atoms. The highest BCUT2D eigenvalue weighted by atomic mass is 16.4. The third-order valence-corrected chi connectivity index (χ3v) is 2.96. The van der Waals surface area contributed by atoms with Gasteiger partial charge in [0.15, 0.2) is 5.82 Å². The first-order valence-corrected chi connectivity index (χ1v) is 6.69. The lowest BCUT2D eigenvalue weighted by atomic mass is 10.1. The zero-order chi connectivity index (χ0) is 15.4. The molecule has 110 valence electrons. The average molecular weight is 287 g/mol. The van der Waals surface area contributed by atoms with Crippen LogP contribution < -0.4 is 0 Å². The van der Waals surface area contributed by atoms with E-state index in [1.54, 1.807) is 17.0 Å². The summed E-state index contributed by atoms with van der Waals surface area (Å²) < 4.78 is 1.74. The van der Waals surface area contributed by atoms with Crippen LogP contribution >= 0.6 is 0 Å². The summed E-state index contributed by atoms with van der Waals surface area (Å²) in [7, 11) is 0. The molecule has 0 atom stereocenters. The van der Waals surface area contributed by atoms with Crippen molar-refractivity contribution >= 4 is 18.1 Å². The van der Waals surface area contributed by atoms with Gasteiger partial charge in [-0.25, -0.2) is 19.4 Å². The van der Waals surface area contributed by atoms with Gasteiger partial charge < -0.3 is 5.11 Å². The van der Waals surface area contributed by atoms with Crippen LogP contribution in [0.2, 0.25) is 0 Å². The largest absolute Gasteiger partial charge is 0.478 e. The first-order valence-electron chi connectivity index (χ1n) is 6.69. The number of carboxylic acid groups (broad SMARTS) is 1. The van der Waals surface area contributed by atoms with Crippen molar-refractivity contribution in [1.82, 2.24) is 25.0 Å². The van der Waals surface area contributed by atoms with Gasteiger partial charge in [-0.1, -0.05) is 19.1 Å². The van der Waals surface area contributed by atoms with E-state index in [4.69, 9.17) is 5.11 Å². The van der Waals surface area contributed by atoms with Gasteiger partial charge in [0, 0.05) is 12.7 Å². The number of hydrogen-bond acceptors (Lipinski definition) is 5. The lowest BCUT2D eigenvalue weighted by Gasteiger charge is -2.08. The number of nitrogens with zero attached hydrogens (tertiary/aromatic N) is 5. The van der Waals surface area contributed by atoms with Gasteiger partial charge in [0.25, 0.3) is 0 Å². The van der Waals surface area contributed by atoms with E-state index >= 15 is 0 Å². The minimum absolute atomic E-state index is 0.00841. The monoisotopic (exact) mass is 287 g/mol. The van der Waals surface area contributed by atoms with Crippen molar-refractivity contribution in [3.05, 3.63) is 35.2 Å². The third-order valence-electron chi connectivity index (χ3n) is 2.96. The zero-order valence-corrected chi connectivity index (χ0v) is 12.2. The summed E-state index contributed by atoms with van der Waals surface area (Å²) in [5, 5.41) is 16.9. The normalized spacial score (nSPS) is 11.4. The van der Waals surface area contributed by atoms with Crippen LogP contribution in [-0.4, -0.2) is 36.0 Å². The van der Waals surface area contributed by atoms with Gasteiger partial charge in [-0.05, 0) is 25.0 Å². The Bertz CT molecular complexity index is 676. The molecule has 7 heteroatoms. The lowest BCUT2D eigenvalue weighted by Crippen LogP contribution is -2.08. The highest BCUT2D eigenvalue weighted by molar-refractivity contribution is 5.88. The second-order valence-electron chi connectivity index (χ2n) is 4.79. The highest BCUT2D eigenvalue weighted by Gasteiger charge is 2.15. The summed E-state index contributed by atoms with van der Waals surface area (Å²) in [5.41, 5.74) is 1.51. The summed E-state index contributed by atoms with van der Waals surface area (Å²) in [5.74, 6) is -0.538. The van der Waals surface area contributed by atoms with Crippen molar-refractivity contribution in [2.24, 2.45) is 0 Å². The van der Waals surface area contributed by atoms with Crippen molar-refractivity contribution < 1.29 is 9.90 Å². The number of aryl methyl sites for hydroxylation is 1. The fraction of sp³-hybridized carbons (Fsp3) is 0.357. The molecule has 7 nitrogen and oxygen atoms in total. The summed E-state index contributed by atoms with van der Waals surface area (Å²) in [6.07, 6.45) is 6.53. The average Bonchev–Trinajstić information content (AvgIpc) is 2.92. The van der Waals surface area contributed by atoms with Gasteiger partial charge in [-0.15, -0.1) is 5.10 Å². The molecule has 0 aliphatic heterocycles. The standard InChI is InChI=1S/C14H17N5O2/c1-4-19-10(7-16-18-19)5-6-12-15-8-11(14(20)21)13(17-12)9(2)3/h5-9H,4H2,1-3H3,(H,20,21)/b6-5+. The molecule has 0 aromatic carbocycles. The SMILES string of the molecule is CCn1nncc1/C=C/c1ncc(C(=O)O)c(C(C)C)n1. The topological polar surface area (TPSA) is 93.8 Å². The Balaban J connectivity index is 2.33. The Hall–Kier alpha value is -2.57. The molecule has 2 rings (SSSR count). The van der Waals surface area contributed by atoms with E-state index in [9.17, 15) is 4.79 Å². The van der Waals surface area contributed by atoms with Crippen LogP contribution in [0.25, 0.3) is 12.2 Å². The first kappa shape index (κ1) is 14.8. The van der Waals surface area contributed by atoms with Crippen molar-refractivity contribution in [3.63, 3.8) is 0 Å². The number of rotatable bonds is 5. The van der Waals surface area contributed by atoms with E-state index in [2.05, 4.69) is 20.3 Å². The van der Waals surface area contributed by atoms with Gasteiger partial charge in [-0.2, -0.15) is 0 Å². The van der Waals surface area contributed by atoms with Crippen molar-refractivity contribution in [2.75, 3.05) is 0 Å². The maximum Gasteiger partial charge on any atom is 0.339 e.